The SMILES string of the molecule is CC1N=CC(c2ccc(Nc3cc(NC(=O)C4CC4)nc4[nH]c(C(F)F)nc34)c(S(C)(=O)=O)c2)=N1. The van der Waals surface area contributed by atoms with Gasteiger partial charge in [0, 0.05) is 30.0 Å². The number of alkyl halides is 2. The molecule has 35 heavy (non-hydrogen) atoms. The first-order valence-electron chi connectivity index (χ1n) is 10.8. The van der Waals surface area contributed by atoms with Gasteiger partial charge < -0.3 is 15.6 Å². The molecule has 1 atom stereocenters. The molecule has 2 aliphatic rings. The number of rotatable bonds is 7. The molecular weight excluding hydrogens is 480 g/mol. The van der Waals surface area contributed by atoms with Crippen molar-refractivity contribution in [1.82, 2.24) is 15.0 Å². The zero-order chi connectivity index (χ0) is 24.9. The van der Waals surface area contributed by atoms with Gasteiger partial charge in [-0.3, -0.25) is 14.8 Å². The molecular formula is C22H21F2N7O3S. The second-order valence-electron chi connectivity index (χ2n) is 8.47. The molecule has 0 bridgehead atoms. The summed E-state index contributed by atoms with van der Waals surface area (Å²) in [6.45, 7) is 1.81. The standard InChI is InChI=1S/C22H21F2N7O3S/c1-10-25-9-15(26-10)12-5-6-13(16(7-12)35(2,33)34)27-14-8-17(29-22(32)11-3-4-11)28-20-18(14)30-21(31-20)19(23)24/h5-11,19H,3-4H2,1-2H3,(H3,27,28,29,30,31,32). The maximum Gasteiger partial charge on any atom is 0.295 e. The van der Waals surface area contributed by atoms with E-state index in [-0.39, 0.29) is 51.2 Å². The molecule has 2 aromatic heterocycles. The van der Waals surface area contributed by atoms with Gasteiger partial charge in [0.05, 0.1) is 22.0 Å². The zero-order valence-electron chi connectivity index (χ0n) is 18.7. The molecule has 1 aromatic carbocycles. The van der Waals surface area contributed by atoms with Gasteiger partial charge in [0.1, 0.15) is 17.5 Å². The summed E-state index contributed by atoms with van der Waals surface area (Å²) in [5, 5.41) is 5.67. The Morgan fingerprint density at radius 3 is 2.57 bits per heavy atom. The van der Waals surface area contributed by atoms with Gasteiger partial charge in [-0.05, 0) is 31.9 Å². The number of hydrogen-bond donors (Lipinski definition) is 3. The molecule has 182 valence electrons. The van der Waals surface area contributed by atoms with Crippen molar-refractivity contribution in [1.29, 1.82) is 0 Å². The Morgan fingerprint density at radius 1 is 1.17 bits per heavy atom. The van der Waals surface area contributed by atoms with E-state index in [1.165, 1.54) is 12.1 Å². The second kappa shape index (κ2) is 8.48. The Labute approximate surface area is 198 Å². The maximum absolute atomic E-state index is 13.3. The molecule has 1 fully saturated rings. The van der Waals surface area contributed by atoms with Crippen LogP contribution in [0.15, 0.2) is 39.1 Å². The van der Waals surface area contributed by atoms with E-state index in [9.17, 15) is 22.0 Å². The summed E-state index contributed by atoms with van der Waals surface area (Å²) in [4.78, 5) is 31.3. The Bertz CT molecular complexity index is 1510. The minimum absolute atomic E-state index is 0.0243. The van der Waals surface area contributed by atoms with Crippen LogP contribution in [0.25, 0.3) is 11.2 Å². The van der Waals surface area contributed by atoms with Gasteiger partial charge in [0.25, 0.3) is 6.43 Å². The number of nitrogens with one attached hydrogen (secondary N) is 3. The van der Waals surface area contributed by atoms with Crippen molar-refractivity contribution >= 4 is 56.0 Å². The average molecular weight is 502 g/mol. The third-order valence-corrected chi connectivity index (χ3v) is 6.70. The van der Waals surface area contributed by atoms with Crippen LogP contribution in [0.5, 0.6) is 0 Å². The molecule has 13 heteroatoms. The van der Waals surface area contributed by atoms with E-state index in [4.69, 9.17) is 0 Å². The summed E-state index contributed by atoms with van der Waals surface area (Å²) in [7, 11) is -3.71. The third kappa shape index (κ3) is 4.76. The Kier molecular flexibility index (Phi) is 5.58. The molecule has 0 saturated heterocycles. The van der Waals surface area contributed by atoms with Gasteiger partial charge in [-0.2, -0.15) is 0 Å². The number of H-pyrrole nitrogens is 1. The van der Waals surface area contributed by atoms with Crippen molar-refractivity contribution in [3.05, 3.63) is 35.7 Å². The minimum atomic E-state index is -3.71. The average Bonchev–Trinajstić information content (AvgIpc) is 3.41. The first-order valence-corrected chi connectivity index (χ1v) is 12.7. The monoisotopic (exact) mass is 501 g/mol. The highest BCUT2D eigenvalue weighted by Gasteiger charge is 2.30. The normalized spacial score (nSPS) is 17.7. The van der Waals surface area contributed by atoms with E-state index < -0.39 is 22.1 Å². The number of nitrogens with zero attached hydrogens (tertiary/aromatic N) is 4. The zero-order valence-corrected chi connectivity index (χ0v) is 19.5. The van der Waals surface area contributed by atoms with Crippen LogP contribution >= 0.6 is 0 Å². The van der Waals surface area contributed by atoms with Crippen molar-refractivity contribution in [2.24, 2.45) is 15.9 Å². The number of anilines is 3. The van der Waals surface area contributed by atoms with Gasteiger partial charge in [0.2, 0.25) is 5.91 Å². The first kappa shape index (κ1) is 23.0. The molecule has 1 amide bonds. The van der Waals surface area contributed by atoms with Gasteiger partial charge in [-0.15, -0.1) is 0 Å². The molecule has 10 nitrogen and oxygen atoms in total. The van der Waals surface area contributed by atoms with Crippen molar-refractivity contribution in [2.45, 2.75) is 37.3 Å². The lowest BCUT2D eigenvalue weighted by molar-refractivity contribution is -0.117. The van der Waals surface area contributed by atoms with Gasteiger partial charge in [0.15, 0.2) is 21.3 Å². The number of aliphatic imine (C=N–C) groups is 2. The van der Waals surface area contributed by atoms with Crippen LogP contribution in [0.3, 0.4) is 0 Å². The van der Waals surface area contributed by atoms with Gasteiger partial charge >= 0.3 is 0 Å². The van der Waals surface area contributed by atoms with Crippen molar-refractivity contribution in [3.63, 3.8) is 0 Å². The number of fused-ring (bicyclic) bond motifs is 1. The summed E-state index contributed by atoms with van der Waals surface area (Å²) in [6, 6.07) is 6.15. The molecule has 1 saturated carbocycles. The summed E-state index contributed by atoms with van der Waals surface area (Å²) in [5.41, 5.74) is 1.64. The van der Waals surface area contributed by atoms with E-state index in [1.807, 2.05) is 6.92 Å². The summed E-state index contributed by atoms with van der Waals surface area (Å²) in [6.07, 6.45) is 1.08. The molecule has 0 radical (unpaired) electrons. The number of imidazole rings is 1. The van der Waals surface area contributed by atoms with Crippen LogP contribution in [-0.2, 0) is 14.6 Å². The molecule has 3 aromatic rings. The van der Waals surface area contributed by atoms with Crippen molar-refractivity contribution in [2.75, 3.05) is 16.9 Å². The highest BCUT2D eigenvalue weighted by molar-refractivity contribution is 7.90. The lowest BCUT2D eigenvalue weighted by Gasteiger charge is -2.14. The van der Waals surface area contributed by atoms with Crippen LogP contribution in [-0.4, -0.2) is 53.6 Å². The van der Waals surface area contributed by atoms with E-state index in [1.54, 1.807) is 18.3 Å². The van der Waals surface area contributed by atoms with E-state index in [0.29, 0.717) is 11.3 Å². The highest BCUT2D eigenvalue weighted by Crippen LogP contribution is 2.34. The Hall–Kier alpha value is -3.74. The van der Waals surface area contributed by atoms with Crippen molar-refractivity contribution in [3.8, 4) is 0 Å². The largest absolute Gasteiger partial charge is 0.352 e. The Morgan fingerprint density at radius 2 is 1.94 bits per heavy atom. The predicted molar refractivity (Wildman–Crippen MR) is 128 cm³/mol. The number of hydrogen-bond acceptors (Lipinski definition) is 8. The van der Waals surface area contributed by atoms with Crippen LogP contribution < -0.4 is 10.6 Å². The topological polar surface area (TPSA) is 142 Å². The number of halogens is 2. The van der Waals surface area contributed by atoms with Gasteiger partial charge in [-0.25, -0.2) is 27.2 Å². The number of aromatic nitrogens is 3. The summed E-state index contributed by atoms with van der Waals surface area (Å²) in [5.74, 6) is -0.779. The molecule has 1 aliphatic heterocycles. The quantitative estimate of drug-likeness (QED) is 0.452. The first-order chi connectivity index (χ1) is 16.6. The third-order valence-electron chi connectivity index (χ3n) is 5.56. The molecule has 3 heterocycles. The van der Waals surface area contributed by atoms with E-state index in [0.717, 1.165) is 19.1 Å². The summed E-state index contributed by atoms with van der Waals surface area (Å²) < 4.78 is 51.9. The number of sulfone groups is 1. The fourth-order valence-corrected chi connectivity index (χ4v) is 4.54. The fourth-order valence-electron chi connectivity index (χ4n) is 3.68. The highest BCUT2D eigenvalue weighted by atomic mass is 32.2. The van der Waals surface area contributed by atoms with E-state index in [2.05, 4.69) is 35.6 Å². The minimum Gasteiger partial charge on any atom is -0.352 e. The maximum atomic E-state index is 13.3. The fraction of sp³-hybridized carbons (Fsp3) is 0.318. The molecule has 1 aliphatic carbocycles. The predicted octanol–water partition coefficient (Wildman–Crippen LogP) is 3.61. The lowest BCUT2D eigenvalue weighted by atomic mass is 10.1. The molecule has 3 N–H and O–H groups in total. The second-order valence-corrected chi connectivity index (χ2v) is 10.5. The molecule has 5 rings (SSSR count). The number of carbonyl (C=O) groups excluding carboxylic acids is 1. The van der Waals surface area contributed by atoms with Crippen LogP contribution in [0.4, 0.5) is 26.0 Å². The van der Waals surface area contributed by atoms with Crippen LogP contribution in [0.2, 0.25) is 0 Å². The van der Waals surface area contributed by atoms with Crippen molar-refractivity contribution < 1.29 is 22.0 Å². The molecule has 1 unspecified atom stereocenters. The smallest absolute Gasteiger partial charge is 0.295 e. The number of aromatic amines is 1. The number of benzene rings is 1. The van der Waals surface area contributed by atoms with Crippen LogP contribution in [0, 0.1) is 5.92 Å². The van der Waals surface area contributed by atoms with Crippen LogP contribution in [0.1, 0.15) is 37.6 Å². The Balaban J connectivity index is 1.58. The number of pyridine rings is 1. The molecule has 0 spiro atoms. The lowest BCUT2D eigenvalue weighted by Crippen LogP contribution is -2.14. The number of carbonyl (C=O) groups is 1. The number of amides is 1. The summed E-state index contributed by atoms with van der Waals surface area (Å²) >= 11 is 0. The van der Waals surface area contributed by atoms with E-state index >= 15 is 0 Å². The van der Waals surface area contributed by atoms with Gasteiger partial charge in [-0.1, -0.05) is 6.07 Å².